The molecule has 0 bridgehead atoms. The number of nitro benzene ring substituents is 1. The van der Waals surface area contributed by atoms with Gasteiger partial charge in [0.15, 0.2) is 0 Å². The molecule has 20 heavy (non-hydrogen) atoms. The van der Waals surface area contributed by atoms with Crippen molar-refractivity contribution in [3.63, 3.8) is 0 Å². The zero-order chi connectivity index (χ0) is 14.9. The second-order valence-electron chi connectivity index (χ2n) is 3.60. The van der Waals surface area contributed by atoms with E-state index in [0.29, 0.717) is 10.0 Å². The molecule has 0 spiro atoms. The second kappa shape index (κ2) is 5.63. The van der Waals surface area contributed by atoms with Gasteiger partial charge in [0.05, 0.1) is 11.5 Å². The van der Waals surface area contributed by atoms with Gasteiger partial charge in [-0.25, -0.2) is 0 Å². The van der Waals surface area contributed by atoms with E-state index in [0.717, 1.165) is 0 Å². The van der Waals surface area contributed by atoms with Crippen LogP contribution in [0.2, 0.25) is 0 Å². The molecule has 0 fully saturated rings. The number of nitrogens with zero attached hydrogens (tertiary/aromatic N) is 5. The lowest BCUT2D eigenvalue weighted by Crippen LogP contribution is -2.04. The Hall–Kier alpha value is -1.88. The van der Waals surface area contributed by atoms with Crippen molar-refractivity contribution in [1.82, 2.24) is 14.8 Å². The number of rotatable bonds is 4. The Morgan fingerprint density at radius 1 is 1.20 bits per heavy atom. The minimum Gasteiger partial charge on any atom is -0.390 e. The van der Waals surface area contributed by atoms with Crippen molar-refractivity contribution < 1.29 is 9.85 Å². The molecule has 1 aromatic carbocycles. The Balaban J connectivity index is 2.38. The molecule has 0 aliphatic heterocycles. The van der Waals surface area contributed by atoms with E-state index in [1.165, 1.54) is 16.8 Å². The predicted octanol–water partition coefficient (Wildman–Crippen LogP) is 2.67. The zero-order valence-corrected chi connectivity index (χ0v) is 12.7. The maximum absolute atomic E-state index is 10.8. The van der Waals surface area contributed by atoms with Gasteiger partial charge in [0.25, 0.3) is 10.4 Å². The van der Waals surface area contributed by atoms with E-state index >= 15 is 0 Å². The summed E-state index contributed by atoms with van der Waals surface area (Å²) < 4.78 is 1.71. The van der Waals surface area contributed by atoms with Crippen LogP contribution in [-0.4, -0.2) is 24.6 Å². The number of halogens is 2. The van der Waals surface area contributed by atoms with Crippen LogP contribution in [0.15, 0.2) is 27.4 Å². The van der Waals surface area contributed by atoms with Gasteiger partial charge in [-0.2, -0.15) is 4.68 Å². The fraction of sp³-hybridized carbons (Fsp3) is 0.111. The highest BCUT2D eigenvalue weighted by Crippen LogP contribution is 2.29. The molecule has 0 N–H and O–H groups in total. The summed E-state index contributed by atoms with van der Waals surface area (Å²) in [5, 5.41) is 25.1. The highest BCUT2D eigenvalue weighted by molar-refractivity contribution is 9.10. The number of benzene rings is 1. The molecule has 9 nitrogen and oxygen atoms in total. The highest BCUT2D eigenvalue weighted by atomic mass is 79.9. The molecule has 0 saturated heterocycles. The second-order valence-corrected chi connectivity index (χ2v) is 5.11. The van der Waals surface area contributed by atoms with Crippen molar-refractivity contribution in [2.24, 2.45) is 0 Å². The third-order valence-corrected chi connectivity index (χ3v) is 3.86. The first-order chi connectivity index (χ1) is 9.40. The quantitative estimate of drug-likeness (QED) is 0.569. The Bertz CT molecular complexity index is 702. The van der Waals surface area contributed by atoms with Crippen LogP contribution in [0.3, 0.4) is 0 Å². The average Bonchev–Trinajstić information content (AvgIpc) is 2.73. The van der Waals surface area contributed by atoms with Gasteiger partial charge in [0.2, 0.25) is 0 Å². The molecular weight excluding hydrogens is 402 g/mol. The lowest BCUT2D eigenvalue weighted by atomic mass is 10.2. The van der Waals surface area contributed by atoms with E-state index in [2.05, 4.69) is 41.9 Å². The predicted molar refractivity (Wildman–Crippen MR) is 74.3 cm³/mol. The summed E-state index contributed by atoms with van der Waals surface area (Å²) in [6.07, 6.45) is 0. The maximum atomic E-state index is 10.8. The molecule has 0 aliphatic rings. The van der Waals surface area contributed by atoms with E-state index in [1.54, 1.807) is 6.07 Å². The Morgan fingerprint density at radius 2 is 1.90 bits per heavy atom. The van der Waals surface area contributed by atoms with Crippen molar-refractivity contribution in [2.45, 2.75) is 6.54 Å². The summed E-state index contributed by atoms with van der Waals surface area (Å²) in [7, 11) is 0. The molecule has 1 heterocycles. The lowest BCUT2D eigenvalue weighted by molar-refractivity contribution is -0.394. The molecule has 104 valence electrons. The SMILES string of the molecule is O=[N+]([O-])c1nc(Br)n(Cc2cccc([N+](=O)[O-])c2Br)n1. The van der Waals surface area contributed by atoms with Gasteiger partial charge in [0.1, 0.15) is 4.47 Å². The average molecular weight is 407 g/mol. The minimum atomic E-state index is -0.719. The van der Waals surface area contributed by atoms with Crippen LogP contribution in [-0.2, 0) is 6.54 Å². The fourth-order valence-electron chi connectivity index (χ4n) is 1.48. The Labute approximate surface area is 128 Å². The molecule has 0 amide bonds. The van der Waals surface area contributed by atoms with Gasteiger partial charge in [-0.3, -0.25) is 10.1 Å². The van der Waals surface area contributed by atoms with E-state index in [-0.39, 0.29) is 17.0 Å². The topological polar surface area (TPSA) is 117 Å². The molecule has 1 aromatic heterocycles. The molecule has 0 unspecified atom stereocenters. The third-order valence-electron chi connectivity index (χ3n) is 2.35. The van der Waals surface area contributed by atoms with Crippen molar-refractivity contribution in [1.29, 1.82) is 0 Å². The van der Waals surface area contributed by atoms with Crippen LogP contribution >= 0.6 is 31.9 Å². The van der Waals surface area contributed by atoms with Gasteiger partial charge < -0.3 is 10.1 Å². The fourth-order valence-corrected chi connectivity index (χ4v) is 2.38. The van der Waals surface area contributed by atoms with E-state index in [4.69, 9.17) is 0 Å². The lowest BCUT2D eigenvalue weighted by Gasteiger charge is -2.03. The van der Waals surface area contributed by atoms with Crippen molar-refractivity contribution in [3.05, 3.63) is 53.2 Å². The van der Waals surface area contributed by atoms with Gasteiger partial charge in [-0.15, -0.1) is 0 Å². The standard InChI is InChI=1S/C9H5Br2N5O4/c10-7-5(2-1-3-6(7)15(17)18)4-14-8(11)12-9(13-14)16(19)20/h1-3H,4H2. The van der Waals surface area contributed by atoms with Crippen LogP contribution in [0.25, 0.3) is 0 Å². The molecule has 2 rings (SSSR count). The van der Waals surface area contributed by atoms with Gasteiger partial charge in [0, 0.05) is 27.1 Å². The van der Waals surface area contributed by atoms with E-state index < -0.39 is 15.8 Å². The van der Waals surface area contributed by atoms with Crippen molar-refractivity contribution >= 4 is 43.5 Å². The Morgan fingerprint density at radius 3 is 2.45 bits per heavy atom. The molecule has 2 aromatic rings. The van der Waals surface area contributed by atoms with Crippen molar-refractivity contribution in [2.75, 3.05) is 0 Å². The van der Waals surface area contributed by atoms with Crippen LogP contribution in [0, 0.1) is 20.2 Å². The number of aromatic nitrogens is 3. The van der Waals surface area contributed by atoms with Crippen LogP contribution < -0.4 is 0 Å². The van der Waals surface area contributed by atoms with Crippen LogP contribution in [0.4, 0.5) is 11.6 Å². The first kappa shape index (κ1) is 14.5. The summed E-state index contributed by atoms with van der Waals surface area (Å²) in [5.74, 6) is -0.543. The van der Waals surface area contributed by atoms with Crippen LogP contribution in [0.5, 0.6) is 0 Å². The molecule has 0 aliphatic carbocycles. The summed E-state index contributed by atoms with van der Waals surface area (Å²) in [6.45, 7) is 0.101. The van der Waals surface area contributed by atoms with Gasteiger partial charge in [-0.05, 0) is 31.4 Å². The van der Waals surface area contributed by atoms with Crippen molar-refractivity contribution in [3.8, 4) is 0 Å². The number of hydrogen-bond donors (Lipinski definition) is 0. The minimum absolute atomic E-state index is 0.0896. The third kappa shape index (κ3) is 2.82. The van der Waals surface area contributed by atoms with Crippen LogP contribution in [0.1, 0.15) is 5.56 Å². The summed E-state index contributed by atoms with van der Waals surface area (Å²) in [5.41, 5.74) is 0.466. The molecular formula is C9H5Br2N5O4. The monoisotopic (exact) mass is 405 g/mol. The maximum Gasteiger partial charge on any atom is 0.492 e. The van der Waals surface area contributed by atoms with Gasteiger partial charge >= 0.3 is 5.95 Å². The first-order valence-corrected chi connectivity index (χ1v) is 6.65. The number of nitro groups is 2. The smallest absolute Gasteiger partial charge is 0.390 e. The van der Waals surface area contributed by atoms with Gasteiger partial charge in [-0.1, -0.05) is 12.1 Å². The normalized spacial score (nSPS) is 10.5. The highest BCUT2D eigenvalue weighted by Gasteiger charge is 2.22. The summed E-state index contributed by atoms with van der Waals surface area (Å²) >= 11 is 6.20. The molecule has 0 atom stereocenters. The summed E-state index contributed by atoms with van der Waals surface area (Å²) in [6, 6.07) is 4.53. The molecule has 0 saturated carbocycles. The molecule has 11 heteroatoms. The summed E-state index contributed by atoms with van der Waals surface area (Å²) in [4.78, 5) is 23.8. The first-order valence-electron chi connectivity index (χ1n) is 5.06. The van der Waals surface area contributed by atoms with E-state index in [1.807, 2.05) is 0 Å². The Kier molecular flexibility index (Phi) is 4.09. The molecule has 0 radical (unpaired) electrons. The largest absolute Gasteiger partial charge is 0.492 e. The van der Waals surface area contributed by atoms with E-state index in [9.17, 15) is 20.2 Å². The zero-order valence-electron chi connectivity index (χ0n) is 9.56. The number of hydrogen-bond acceptors (Lipinski definition) is 6.